The van der Waals surface area contributed by atoms with E-state index in [1.54, 1.807) is 0 Å². The van der Waals surface area contributed by atoms with E-state index in [-0.39, 0.29) is 24.2 Å². The largest absolute Gasteiger partial charge is 0.478 e. The van der Waals surface area contributed by atoms with Gasteiger partial charge in [0.15, 0.2) is 11.8 Å². The Morgan fingerprint density at radius 1 is 0.426 bits per heavy atom. The van der Waals surface area contributed by atoms with E-state index in [2.05, 4.69) is 68.5 Å². The van der Waals surface area contributed by atoms with E-state index >= 15 is 0 Å². The number of nitrogens with zero attached hydrogens (tertiary/aromatic N) is 4. The molecule has 4 aliphatic heterocycles. The first kappa shape index (κ1) is 30.4. The van der Waals surface area contributed by atoms with Gasteiger partial charge in [-0.25, -0.2) is 20.0 Å². The fourth-order valence-electron chi connectivity index (χ4n) is 5.91. The summed E-state index contributed by atoms with van der Waals surface area (Å²) in [5.74, 6) is 2.55. The molecule has 4 aliphatic rings. The van der Waals surface area contributed by atoms with Crippen LogP contribution in [0.4, 0.5) is 0 Å². The van der Waals surface area contributed by atoms with Gasteiger partial charge in [-0.05, 0) is 35.1 Å². The molecule has 4 aromatic rings. The third-order valence-corrected chi connectivity index (χ3v) is 8.32. The average Bonchev–Trinajstić information content (AvgIpc) is 3.96. The van der Waals surface area contributed by atoms with Crippen LogP contribution in [-0.2, 0) is 31.8 Å². The lowest BCUT2D eigenvalue weighted by molar-refractivity contribution is 0.293. The minimum atomic E-state index is 0.0816. The van der Waals surface area contributed by atoms with E-state index in [1.807, 2.05) is 72.8 Å². The van der Waals surface area contributed by atoms with Gasteiger partial charge < -0.3 is 18.9 Å². The van der Waals surface area contributed by atoms with Crippen LogP contribution in [-0.4, -0.2) is 62.1 Å². The van der Waals surface area contributed by atoms with E-state index in [9.17, 15) is 0 Å². The molecule has 0 N–H and O–H groups in total. The zero-order valence-electron chi connectivity index (χ0n) is 26.2. The van der Waals surface area contributed by atoms with Crippen LogP contribution < -0.4 is 0 Å². The minimum absolute atomic E-state index is 0.0816. The van der Waals surface area contributed by atoms with Crippen molar-refractivity contribution in [3.05, 3.63) is 144 Å². The molecule has 4 atom stereocenters. The van der Waals surface area contributed by atoms with Crippen molar-refractivity contribution in [2.75, 3.05) is 26.4 Å². The Morgan fingerprint density at radius 2 is 0.809 bits per heavy atom. The highest BCUT2D eigenvalue weighted by atomic mass is 16.5. The highest BCUT2D eigenvalue weighted by Crippen LogP contribution is 2.27. The molecule has 0 fully saturated rings. The van der Waals surface area contributed by atoms with Gasteiger partial charge >= 0.3 is 0 Å². The summed E-state index contributed by atoms with van der Waals surface area (Å²) in [6, 6.07) is 41.6. The van der Waals surface area contributed by atoms with Gasteiger partial charge in [0.25, 0.3) is 11.8 Å². The Labute approximate surface area is 275 Å². The highest BCUT2D eigenvalue weighted by molar-refractivity contribution is 6.36. The van der Waals surface area contributed by atoms with Crippen molar-refractivity contribution in [2.24, 2.45) is 20.0 Å². The van der Waals surface area contributed by atoms with E-state index in [4.69, 9.17) is 18.9 Å². The predicted molar refractivity (Wildman–Crippen MR) is 184 cm³/mol. The zero-order valence-corrected chi connectivity index (χ0v) is 26.2. The summed E-state index contributed by atoms with van der Waals surface area (Å²) in [6.45, 7) is 2.37. The first-order chi connectivity index (χ1) is 23.2. The van der Waals surface area contributed by atoms with Gasteiger partial charge in [-0.3, -0.25) is 0 Å². The Kier molecular flexibility index (Phi) is 9.64. The van der Waals surface area contributed by atoms with Crippen LogP contribution in [0, 0.1) is 0 Å². The van der Waals surface area contributed by atoms with Gasteiger partial charge in [0.1, 0.15) is 38.5 Å². The van der Waals surface area contributed by atoms with Crippen LogP contribution in [0.15, 0.2) is 141 Å². The molecule has 47 heavy (non-hydrogen) atoms. The monoisotopic (exact) mass is 626 g/mol. The zero-order chi connectivity index (χ0) is 31.7. The molecule has 8 heteroatoms. The summed E-state index contributed by atoms with van der Waals surface area (Å²) in [6.07, 6.45) is 2.29. The summed E-state index contributed by atoms with van der Waals surface area (Å²) in [4.78, 5) is 18.6. The lowest BCUT2D eigenvalue weighted by atomic mass is 10.1. The van der Waals surface area contributed by atoms with Gasteiger partial charge in [0, 0.05) is 0 Å². The maximum absolute atomic E-state index is 5.71. The van der Waals surface area contributed by atoms with Gasteiger partial charge in [0.05, 0.1) is 18.5 Å². The number of benzene rings is 4. The second-order valence-corrected chi connectivity index (χ2v) is 11.9. The van der Waals surface area contributed by atoms with Gasteiger partial charge in [-0.15, -0.1) is 0 Å². The molecular formula is C39H38N4O4. The number of hydrogen-bond acceptors (Lipinski definition) is 8. The van der Waals surface area contributed by atoms with Crippen molar-refractivity contribution < 1.29 is 18.9 Å². The predicted octanol–water partition coefficient (Wildman–Crippen LogP) is 6.78. The molecule has 0 aliphatic carbocycles. The van der Waals surface area contributed by atoms with Crippen molar-refractivity contribution in [1.82, 2.24) is 0 Å². The average molecular weight is 627 g/mol. The third-order valence-electron chi connectivity index (χ3n) is 8.32. The molecule has 8 nitrogen and oxygen atoms in total. The van der Waals surface area contributed by atoms with Crippen LogP contribution in [0.25, 0.3) is 0 Å². The Hall–Kier alpha value is -5.24. The third kappa shape index (κ3) is 8.14. The summed E-state index contributed by atoms with van der Waals surface area (Å²) >= 11 is 0. The molecular weight excluding hydrogens is 588 g/mol. The van der Waals surface area contributed by atoms with Crippen molar-refractivity contribution in [2.45, 2.75) is 43.4 Å². The molecule has 0 saturated carbocycles. The molecule has 0 saturated heterocycles. The van der Waals surface area contributed by atoms with Gasteiger partial charge in [-0.2, -0.15) is 0 Å². The van der Waals surface area contributed by atoms with Crippen molar-refractivity contribution in [1.29, 1.82) is 0 Å². The Balaban J connectivity index is 0.000000150. The lowest BCUT2D eigenvalue weighted by Crippen LogP contribution is -2.14. The number of hydrogen-bond donors (Lipinski definition) is 0. The van der Waals surface area contributed by atoms with E-state index in [0.717, 1.165) is 12.8 Å². The molecule has 0 amide bonds. The normalized spacial score (nSPS) is 22.7. The molecule has 8 rings (SSSR count). The van der Waals surface area contributed by atoms with E-state index in [1.165, 1.54) is 22.3 Å². The fourth-order valence-corrected chi connectivity index (χ4v) is 5.91. The first-order valence-electron chi connectivity index (χ1n) is 16.2. The molecule has 4 aromatic carbocycles. The van der Waals surface area contributed by atoms with Crippen LogP contribution >= 0.6 is 0 Å². The highest BCUT2D eigenvalue weighted by Gasteiger charge is 2.30. The van der Waals surface area contributed by atoms with Crippen LogP contribution in [0.5, 0.6) is 0 Å². The van der Waals surface area contributed by atoms with E-state index in [0.29, 0.717) is 56.4 Å². The summed E-state index contributed by atoms with van der Waals surface area (Å²) < 4.78 is 22.9. The standard InChI is InChI=1S/C20H20N2O2.C19H18N2O2/c1-3-7-15(8-4-1)11-17-13-23-19(21-17)20-22-18(14-24-20)12-16-9-5-2-6-10-16;1-3-7-14(8-4-1)16-12-22-18(20-16)11-19-21-17(13-23-19)15-9-5-2-6-10-15/h1-10,17-18H,11-14H2;1-10,16-17H,11-13H2/t17-,18-;16-,17-/m01/s1. The summed E-state index contributed by atoms with van der Waals surface area (Å²) in [5.41, 5.74) is 4.90. The lowest BCUT2D eigenvalue weighted by Gasteiger charge is -2.04. The SMILES string of the molecule is c1ccc(C[C@H]2COC(C3=N[C@@H](Cc4ccccc4)CO3)=N2)cc1.c1ccc([C@H]2COC(CC3=N[C@@H](c4ccccc4)CO3)=N2)cc1. The quantitative estimate of drug-likeness (QED) is 0.205. The smallest absolute Gasteiger partial charge is 0.273 e. The summed E-state index contributed by atoms with van der Waals surface area (Å²) in [5, 5.41) is 0. The number of aliphatic imine (C=N–C) groups is 4. The van der Waals surface area contributed by atoms with Crippen LogP contribution in [0.1, 0.15) is 40.8 Å². The maximum atomic E-state index is 5.71. The van der Waals surface area contributed by atoms with E-state index < -0.39 is 0 Å². The second-order valence-electron chi connectivity index (χ2n) is 11.9. The molecule has 0 aromatic heterocycles. The molecule has 4 heterocycles. The molecule has 0 radical (unpaired) electrons. The van der Waals surface area contributed by atoms with Crippen LogP contribution in [0.2, 0.25) is 0 Å². The Bertz CT molecular complexity index is 1600. The molecule has 0 spiro atoms. The number of ether oxygens (including phenoxy) is 4. The van der Waals surface area contributed by atoms with Crippen molar-refractivity contribution in [3.8, 4) is 0 Å². The Morgan fingerprint density at radius 3 is 1.21 bits per heavy atom. The first-order valence-corrected chi connectivity index (χ1v) is 16.2. The molecule has 0 bridgehead atoms. The number of rotatable bonds is 9. The van der Waals surface area contributed by atoms with Crippen LogP contribution in [0.3, 0.4) is 0 Å². The van der Waals surface area contributed by atoms with Crippen molar-refractivity contribution in [3.63, 3.8) is 0 Å². The summed E-state index contributed by atoms with van der Waals surface area (Å²) in [7, 11) is 0. The van der Waals surface area contributed by atoms with Gasteiger partial charge in [0.2, 0.25) is 0 Å². The fraction of sp³-hybridized carbons (Fsp3) is 0.282. The maximum Gasteiger partial charge on any atom is 0.273 e. The minimum Gasteiger partial charge on any atom is -0.478 e. The van der Waals surface area contributed by atoms with Crippen molar-refractivity contribution >= 4 is 23.6 Å². The van der Waals surface area contributed by atoms with Gasteiger partial charge in [-0.1, -0.05) is 121 Å². The topological polar surface area (TPSA) is 86.4 Å². The molecule has 0 unspecified atom stereocenters. The molecule has 238 valence electrons. The second kappa shape index (κ2) is 14.9.